The standard InChI is InChI=1S/C23H28N2O2S2/c24-21-4-1-2-5-22(21)26-13-3-10-25-11-6-20(7-12-25)27-23(18-8-14-28-16-18)19-9-15-29-17-19/h1-2,4-5,8-9,14-17,20,23H,3,6-7,10-13,24H2. The Kier molecular flexibility index (Phi) is 7.22. The molecule has 2 N–H and O–H groups in total. The number of ether oxygens (including phenoxy) is 2. The summed E-state index contributed by atoms with van der Waals surface area (Å²) in [4.78, 5) is 2.52. The van der Waals surface area contributed by atoms with Crippen LogP contribution in [-0.4, -0.2) is 37.2 Å². The monoisotopic (exact) mass is 428 g/mol. The summed E-state index contributed by atoms with van der Waals surface area (Å²) in [5, 5.41) is 8.67. The summed E-state index contributed by atoms with van der Waals surface area (Å²) in [5.74, 6) is 0.785. The van der Waals surface area contributed by atoms with Gasteiger partial charge in [-0.1, -0.05) is 12.1 Å². The van der Waals surface area contributed by atoms with Crippen molar-refractivity contribution in [2.45, 2.75) is 31.5 Å². The number of likely N-dealkylation sites (tertiary alicyclic amines) is 1. The Morgan fingerprint density at radius 1 is 1.00 bits per heavy atom. The fraction of sp³-hybridized carbons (Fsp3) is 0.391. The van der Waals surface area contributed by atoms with Crippen molar-refractivity contribution in [3.05, 3.63) is 69.0 Å². The van der Waals surface area contributed by atoms with Gasteiger partial charge in [0.2, 0.25) is 0 Å². The van der Waals surface area contributed by atoms with Crippen LogP contribution in [0.1, 0.15) is 36.5 Å². The molecule has 0 radical (unpaired) electrons. The molecule has 0 bridgehead atoms. The number of para-hydroxylation sites is 2. The van der Waals surface area contributed by atoms with Gasteiger partial charge in [-0.3, -0.25) is 0 Å². The lowest BCUT2D eigenvalue weighted by Crippen LogP contribution is -2.38. The maximum Gasteiger partial charge on any atom is 0.142 e. The quantitative estimate of drug-likeness (QED) is 0.365. The van der Waals surface area contributed by atoms with Crippen LogP contribution in [-0.2, 0) is 4.74 Å². The minimum absolute atomic E-state index is 0.0637. The van der Waals surface area contributed by atoms with Gasteiger partial charge in [0.25, 0.3) is 0 Å². The highest BCUT2D eigenvalue weighted by atomic mass is 32.1. The first-order valence-electron chi connectivity index (χ1n) is 10.2. The van der Waals surface area contributed by atoms with Gasteiger partial charge in [0.1, 0.15) is 11.9 Å². The Morgan fingerprint density at radius 2 is 1.69 bits per heavy atom. The van der Waals surface area contributed by atoms with Crippen molar-refractivity contribution in [1.82, 2.24) is 4.90 Å². The molecule has 0 aliphatic carbocycles. The Labute approximate surface area is 180 Å². The summed E-state index contributed by atoms with van der Waals surface area (Å²) in [6, 6.07) is 12.0. The number of nitrogens with zero attached hydrogens (tertiary/aromatic N) is 1. The third-order valence-corrected chi connectivity index (χ3v) is 6.75. The van der Waals surface area contributed by atoms with Gasteiger partial charge in [0, 0.05) is 19.6 Å². The van der Waals surface area contributed by atoms with Crippen LogP contribution in [0.3, 0.4) is 0 Å². The number of nitrogen functional groups attached to an aromatic ring is 1. The molecule has 154 valence electrons. The van der Waals surface area contributed by atoms with Crippen LogP contribution in [0.15, 0.2) is 57.9 Å². The third kappa shape index (κ3) is 5.60. The first-order valence-corrected chi connectivity index (χ1v) is 12.1. The number of thiophene rings is 2. The van der Waals surface area contributed by atoms with E-state index in [1.807, 2.05) is 24.3 Å². The molecular weight excluding hydrogens is 400 g/mol. The predicted molar refractivity (Wildman–Crippen MR) is 122 cm³/mol. The van der Waals surface area contributed by atoms with E-state index in [2.05, 4.69) is 38.6 Å². The maximum atomic E-state index is 6.57. The van der Waals surface area contributed by atoms with Gasteiger partial charge in [-0.05, 0) is 76.2 Å². The number of hydrogen-bond acceptors (Lipinski definition) is 6. The van der Waals surface area contributed by atoms with E-state index in [0.29, 0.717) is 18.4 Å². The highest BCUT2D eigenvalue weighted by Crippen LogP contribution is 2.32. The van der Waals surface area contributed by atoms with Gasteiger partial charge in [-0.15, -0.1) is 0 Å². The van der Waals surface area contributed by atoms with Gasteiger partial charge in [-0.2, -0.15) is 22.7 Å². The maximum absolute atomic E-state index is 6.57. The molecule has 1 aromatic carbocycles. The molecule has 1 aliphatic heterocycles. The Hall–Kier alpha value is -1.86. The fourth-order valence-electron chi connectivity index (χ4n) is 3.74. The summed E-state index contributed by atoms with van der Waals surface area (Å²) in [6.07, 6.45) is 3.55. The zero-order valence-electron chi connectivity index (χ0n) is 16.5. The smallest absolute Gasteiger partial charge is 0.142 e. The molecule has 29 heavy (non-hydrogen) atoms. The van der Waals surface area contributed by atoms with E-state index < -0.39 is 0 Å². The third-order valence-electron chi connectivity index (χ3n) is 5.35. The number of rotatable bonds is 9. The molecule has 1 aliphatic rings. The van der Waals surface area contributed by atoms with E-state index in [1.165, 1.54) is 11.1 Å². The second kappa shape index (κ2) is 10.3. The van der Waals surface area contributed by atoms with Crippen LogP contribution in [0.4, 0.5) is 5.69 Å². The van der Waals surface area contributed by atoms with Crippen molar-refractivity contribution in [1.29, 1.82) is 0 Å². The Morgan fingerprint density at radius 3 is 2.31 bits per heavy atom. The lowest BCUT2D eigenvalue weighted by Gasteiger charge is -2.33. The van der Waals surface area contributed by atoms with Gasteiger partial charge >= 0.3 is 0 Å². The molecule has 6 heteroatoms. The van der Waals surface area contributed by atoms with Crippen molar-refractivity contribution < 1.29 is 9.47 Å². The SMILES string of the molecule is Nc1ccccc1OCCCN1CCC(OC(c2ccsc2)c2ccsc2)CC1. The summed E-state index contributed by atoms with van der Waals surface area (Å²) in [5.41, 5.74) is 9.17. The summed E-state index contributed by atoms with van der Waals surface area (Å²) in [6.45, 7) is 3.91. The predicted octanol–water partition coefficient (Wildman–Crippen LogP) is 5.43. The van der Waals surface area contributed by atoms with E-state index in [9.17, 15) is 0 Å². The molecule has 4 nitrogen and oxygen atoms in total. The highest BCUT2D eigenvalue weighted by Gasteiger charge is 2.25. The molecule has 0 atom stereocenters. The van der Waals surface area contributed by atoms with Crippen molar-refractivity contribution in [3.63, 3.8) is 0 Å². The summed E-state index contributed by atoms with van der Waals surface area (Å²) < 4.78 is 12.4. The van der Waals surface area contributed by atoms with E-state index in [1.54, 1.807) is 22.7 Å². The Bertz CT molecular complexity index is 809. The number of hydrogen-bond donors (Lipinski definition) is 1. The highest BCUT2D eigenvalue weighted by molar-refractivity contribution is 7.08. The molecule has 4 rings (SSSR count). The number of benzene rings is 1. The van der Waals surface area contributed by atoms with Crippen LogP contribution in [0.5, 0.6) is 5.75 Å². The molecule has 0 amide bonds. The van der Waals surface area contributed by atoms with Crippen LogP contribution < -0.4 is 10.5 Å². The molecule has 0 unspecified atom stereocenters. The molecule has 1 saturated heterocycles. The van der Waals surface area contributed by atoms with Gasteiger partial charge in [0.05, 0.1) is 18.4 Å². The van der Waals surface area contributed by atoms with Crippen molar-refractivity contribution >= 4 is 28.4 Å². The largest absolute Gasteiger partial charge is 0.491 e. The molecular formula is C23H28N2O2S2. The lowest BCUT2D eigenvalue weighted by atomic mass is 10.0. The minimum Gasteiger partial charge on any atom is -0.491 e. The van der Waals surface area contributed by atoms with Crippen molar-refractivity contribution in [3.8, 4) is 5.75 Å². The number of nitrogens with two attached hydrogens (primary N) is 1. The van der Waals surface area contributed by atoms with Crippen molar-refractivity contribution in [2.24, 2.45) is 0 Å². The molecule has 1 fully saturated rings. The normalized spacial score (nSPS) is 15.8. The number of anilines is 1. The van der Waals surface area contributed by atoms with Gasteiger partial charge < -0.3 is 20.1 Å². The molecule has 3 heterocycles. The zero-order chi connectivity index (χ0) is 19.9. The first kappa shape index (κ1) is 20.4. The topological polar surface area (TPSA) is 47.7 Å². The zero-order valence-corrected chi connectivity index (χ0v) is 18.2. The Balaban J connectivity index is 1.20. The van der Waals surface area contributed by atoms with E-state index in [4.69, 9.17) is 15.2 Å². The molecule has 0 spiro atoms. The van der Waals surface area contributed by atoms with Crippen molar-refractivity contribution in [2.75, 3.05) is 32.0 Å². The van der Waals surface area contributed by atoms with E-state index in [0.717, 1.165) is 44.6 Å². The minimum atomic E-state index is 0.0637. The van der Waals surface area contributed by atoms with Crippen LogP contribution in [0, 0.1) is 0 Å². The van der Waals surface area contributed by atoms with Gasteiger partial charge in [0.15, 0.2) is 0 Å². The van der Waals surface area contributed by atoms with E-state index in [-0.39, 0.29) is 6.10 Å². The summed E-state index contributed by atoms with van der Waals surface area (Å²) in [7, 11) is 0. The van der Waals surface area contributed by atoms with E-state index >= 15 is 0 Å². The molecule has 0 saturated carbocycles. The van der Waals surface area contributed by atoms with Crippen LogP contribution in [0.25, 0.3) is 0 Å². The fourth-order valence-corrected chi connectivity index (χ4v) is 5.09. The van der Waals surface area contributed by atoms with Crippen LogP contribution in [0.2, 0.25) is 0 Å². The van der Waals surface area contributed by atoms with Gasteiger partial charge in [-0.25, -0.2) is 0 Å². The average Bonchev–Trinajstić information content (AvgIpc) is 3.46. The molecule has 2 aromatic heterocycles. The molecule has 3 aromatic rings. The lowest BCUT2D eigenvalue weighted by molar-refractivity contribution is -0.0270. The van der Waals surface area contributed by atoms with Crippen LogP contribution >= 0.6 is 22.7 Å². The second-order valence-electron chi connectivity index (χ2n) is 7.41. The number of piperidine rings is 1. The summed E-state index contributed by atoms with van der Waals surface area (Å²) >= 11 is 3.47. The first-order chi connectivity index (χ1) is 14.3. The second-order valence-corrected chi connectivity index (χ2v) is 8.97. The average molecular weight is 429 g/mol.